The summed E-state index contributed by atoms with van der Waals surface area (Å²) >= 11 is 10.1. The van der Waals surface area contributed by atoms with Gasteiger partial charge in [-0.15, -0.1) is 0 Å². The van der Waals surface area contributed by atoms with Crippen LogP contribution in [-0.2, 0) is 9.47 Å². The molecule has 0 heterocycles. The molecule has 4 nitrogen and oxygen atoms in total. The van der Waals surface area contributed by atoms with E-state index < -0.39 is 0 Å². The minimum atomic E-state index is 0.133. The quantitative estimate of drug-likeness (QED) is 0.0556. The van der Waals surface area contributed by atoms with Crippen LogP contribution in [0.15, 0.2) is 0 Å². The summed E-state index contributed by atoms with van der Waals surface area (Å²) < 4.78 is 11.8. The summed E-state index contributed by atoms with van der Waals surface area (Å²) in [6.45, 7) is 11.6. The van der Waals surface area contributed by atoms with Crippen molar-refractivity contribution in [1.29, 1.82) is 0 Å². The number of hydrogen-bond donors (Lipinski definition) is 2. The number of aliphatic hydroxyl groups is 2. The first kappa shape index (κ1) is 41.7. The van der Waals surface area contributed by atoms with E-state index in [1.54, 1.807) is 0 Å². The fourth-order valence-electron chi connectivity index (χ4n) is 6.17. The van der Waals surface area contributed by atoms with E-state index in [4.69, 9.17) is 33.9 Å². The zero-order chi connectivity index (χ0) is 31.3. The largest absolute Gasteiger partial charge is 0.502 e. The lowest BCUT2D eigenvalue weighted by Crippen LogP contribution is -2.15. The van der Waals surface area contributed by atoms with Crippen LogP contribution in [0, 0.1) is 23.7 Å². The number of ether oxygens (including phenoxy) is 2. The van der Waals surface area contributed by atoms with Crippen molar-refractivity contribution >= 4 is 34.5 Å². The molecule has 0 aromatic heterocycles. The molecule has 6 heteroatoms. The van der Waals surface area contributed by atoms with Gasteiger partial charge in [0.1, 0.15) is 0 Å². The van der Waals surface area contributed by atoms with Crippen LogP contribution in [-0.4, -0.2) is 46.7 Å². The Morgan fingerprint density at radius 1 is 0.429 bits per heavy atom. The molecule has 0 aliphatic carbocycles. The Balaban J connectivity index is 4.38. The SMILES string of the molecule is CCCCCC(CCCC)CCC(CCOCCOCCC(CCC(CCCC)CCCCC)CC(O)=S)CC(O)=S. The Morgan fingerprint density at radius 3 is 1.10 bits per heavy atom. The molecule has 0 amide bonds. The van der Waals surface area contributed by atoms with E-state index in [0.29, 0.717) is 51.1 Å². The summed E-state index contributed by atoms with van der Waals surface area (Å²) in [7, 11) is 0. The summed E-state index contributed by atoms with van der Waals surface area (Å²) in [5.41, 5.74) is 0. The van der Waals surface area contributed by atoms with Crippen molar-refractivity contribution in [3.8, 4) is 0 Å². The smallest absolute Gasteiger partial charge is 0.156 e. The number of hydrogen-bond acceptors (Lipinski definition) is 4. The maximum absolute atomic E-state index is 9.80. The van der Waals surface area contributed by atoms with Crippen LogP contribution in [0.5, 0.6) is 0 Å². The molecular weight excluding hydrogens is 561 g/mol. The van der Waals surface area contributed by atoms with Crippen molar-refractivity contribution in [3.05, 3.63) is 0 Å². The van der Waals surface area contributed by atoms with Crippen molar-refractivity contribution in [2.24, 2.45) is 23.7 Å². The number of rotatable bonds is 33. The lowest BCUT2D eigenvalue weighted by molar-refractivity contribution is 0.0374. The summed E-state index contributed by atoms with van der Waals surface area (Å²) in [4.78, 5) is 0. The third kappa shape index (κ3) is 27.3. The molecular formula is C36H70O4S2. The Kier molecular flexibility index (Phi) is 30.5. The minimum absolute atomic E-state index is 0.133. The van der Waals surface area contributed by atoms with E-state index in [1.165, 1.54) is 103 Å². The van der Waals surface area contributed by atoms with Crippen LogP contribution in [0.3, 0.4) is 0 Å². The molecule has 0 spiro atoms. The molecule has 0 radical (unpaired) electrons. The van der Waals surface area contributed by atoms with E-state index >= 15 is 0 Å². The van der Waals surface area contributed by atoms with Gasteiger partial charge in [0.15, 0.2) is 10.1 Å². The predicted molar refractivity (Wildman–Crippen MR) is 190 cm³/mol. The summed E-state index contributed by atoms with van der Waals surface area (Å²) in [5.74, 6) is 2.38. The molecule has 0 aliphatic rings. The lowest BCUT2D eigenvalue weighted by Gasteiger charge is -2.21. The average Bonchev–Trinajstić information content (AvgIpc) is 2.95. The molecule has 0 aromatic rings. The summed E-state index contributed by atoms with van der Waals surface area (Å²) in [6, 6.07) is 0. The number of aliphatic hydroxyl groups excluding tert-OH is 2. The normalized spacial score (nSPS) is 14.5. The Labute approximate surface area is 272 Å². The van der Waals surface area contributed by atoms with Crippen LogP contribution in [0.1, 0.15) is 169 Å². The maximum Gasteiger partial charge on any atom is 0.156 e. The molecule has 2 N–H and O–H groups in total. The highest BCUT2D eigenvalue weighted by Gasteiger charge is 2.17. The Bertz CT molecular complexity index is 563. The van der Waals surface area contributed by atoms with Crippen LogP contribution in [0.4, 0.5) is 0 Å². The second kappa shape index (κ2) is 30.7. The van der Waals surface area contributed by atoms with Gasteiger partial charge < -0.3 is 19.7 Å². The van der Waals surface area contributed by atoms with Gasteiger partial charge in [0, 0.05) is 26.1 Å². The Hall–Kier alpha value is -0.300. The van der Waals surface area contributed by atoms with Crippen molar-refractivity contribution in [1.82, 2.24) is 0 Å². The van der Waals surface area contributed by atoms with Gasteiger partial charge in [-0.3, -0.25) is 0 Å². The zero-order valence-electron chi connectivity index (χ0n) is 28.2. The summed E-state index contributed by atoms with van der Waals surface area (Å²) in [6.07, 6.45) is 26.1. The standard InChI is InChI=1S/C36H70O4S2/c1-5-9-13-17-31(15-11-7-3)19-21-33(29-35(37)41)23-25-39-27-28-40-26-24-34(30-36(38)42)22-20-32(16-12-8-4)18-14-10-6-2/h31-34H,5-30H2,1-4H3,(H,37,41)(H,38,42). The number of unbranched alkanes of at least 4 members (excludes halogenated alkanes) is 6. The van der Waals surface area contributed by atoms with Crippen molar-refractivity contribution in [2.75, 3.05) is 26.4 Å². The first-order valence-electron chi connectivity index (χ1n) is 17.9. The van der Waals surface area contributed by atoms with E-state index in [9.17, 15) is 10.2 Å². The molecule has 42 heavy (non-hydrogen) atoms. The topological polar surface area (TPSA) is 58.9 Å². The van der Waals surface area contributed by atoms with Crippen LogP contribution in [0.2, 0.25) is 0 Å². The van der Waals surface area contributed by atoms with E-state index in [-0.39, 0.29) is 10.1 Å². The van der Waals surface area contributed by atoms with Crippen LogP contribution in [0.25, 0.3) is 0 Å². The number of thiocarbonyl (C=S) groups is 2. The maximum atomic E-state index is 9.80. The monoisotopic (exact) mass is 630 g/mol. The lowest BCUT2D eigenvalue weighted by atomic mass is 9.86. The molecule has 0 aromatic carbocycles. The molecule has 0 fully saturated rings. The summed E-state index contributed by atoms with van der Waals surface area (Å²) in [5, 5.41) is 19.9. The van der Waals surface area contributed by atoms with Gasteiger partial charge in [-0.1, -0.05) is 130 Å². The first-order chi connectivity index (χ1) is 20.4. The van der Waals surface area contributed by atoms with Gasteiger partial charge in [-0.25, -0.2) is 0 Å². The fourth-order valence-corrected chi connectivity index (χ4v) is 6.64. The van der Waals surface area contributed by atoms with Crippen molar-refractivity contribution in [2.45, 2.75) is 169 Å². The van der Waals surface area contributed by atoms with Crippen molar-refractivity contribution in [3.63, 3.8) is 0 Å². The minimum Gasteiger partial charge on any atom is -0.502 e. The van der Waals surface area contributed by atoms with Gasteiger partial charge in [0.2, 0.25) is 0 Å². The average molecular weight is 631 g/mol. The van der Waals surface area contributed by atoms with Gasteiger partial charge in [-0.05, 0) is 73.8 Å². The molecule has 4 atom stereocenters. The van der Waals surface area contributed by atoms with Crippen LogP contribution >= 0.6 is 24.4 Å². The zero-order valence-corrected chi connectivity index (χ0v) is 29.9. The van der Waals surface area contributed by atoms with Gasteiger partial charge in [-0.2, -0.15) is 0 Å². The van der Waals surface area contributed by atoms with E-state index in [1.807, 2.05) is 0 Å². The highest BCUT2D eigenvalue weighted by atomic mass is 32.1. The molecule has 0 rings (SSSR count). The van der Waals surface area contributed by atoms with Crippen LogP contribution < -0.4 is 0 Å². The Morgan fingerprint density at radius 2 is 0.762 bits per heavy atom. The second-order valence-electron chi connectivity index (χ2n) is 12.9. The van der Waals surface area contributed by atoms with Gasteiger partial charge in [0.25, 0.3) is 0 Å². The van der Waals surface area contributed by atoms with E-state index in [2.05, 4.69) is 27.7 Å². The highest BCUT2D eigenvalue weighted by Crippen LogP contribution is 2.28. The highest BCUT2D eigenvalue weighted by molar-refractivity contribution is 7.80. The van der Waals surface area contributed by atoms with E-state index in [0.717, 1.165) is 37.5 Å². The van der Waals surface area contributed by atoms with Gasteiger partial charge in [0.05, 0.1) is 13.2 Å². The van der Waals surface area contributed by atoms with Gasteiger partial charge >= 0.3 is 0 Å². The molecule has 0 aliphatic heterocycles. The molecule has 0 saturated heterocycles. The fraction of sp³-hybridized carbons (Fsp3) is 0.944. The third-order valence-electron chi connectivity index (χ3n) is 8.97. The first-order valence-corrected chi connectivity index (χ1v) is 18.8. The molecule has 250 valence electrons. The molecule has 0 bridgehead atoms. The van der Waals surface area contributed by atoms with Crippen molar-refractivity contribution < 1.29 is 19.7 Å². The third-order valence-corrected chi connectivity index (χ3v) is 9.30. The molecule has 4 unspecified atom stereocenters. The molecule has 0 saturated carbocycles. The second-order valence-corrected chi connectivity index (χ2v) is 13.8. The predicted octanol–water partition coefficient (Wildman–Crippen LogP) is 11.9.